The number of hydrogen-bond donors (Lipinski definition) is 1. The highest BCUT2D eigenvalue weighted by molar-refractivity contribution is 6.05. The lowest BCUT2D eigenvalue weighted by Crippen LogP contribution is -2.56. The fourth-order valence-electron chi connectivity index (χ4n) is 8.43. The molecule has 3 amide bonds. The van der Waals surface area contributed by atoms with E-state index < -0.39 is 47.7 Å². The molecule has 2 aromatic carbocycles. The van der Waals surface area contributed by atoms with E-state index in [2.05, 4.69) is 13.2 Å². The van der Waals surface area contributed by atoms with Crippen LogP contribution in [0.25, 0.3) is 0 Å². The quantitative estimate of drug-likeness (QED) is 0.133. The minimum absolute atomic E-state index is 0.0390. The van der Waals surface area contributed by atoms with Crippen LogP contribution in [0.4, 0.5) is 5.69 Å². The molecule has 3 fully saturated rings. The number of ether oxygens (including phenoxy) is 2. The second-order valence-electron chi connectivity index (χ2n) is 14.2. The van der Waals surface area contributed by atoms with E-state index in [0.29, 0.717) is 45.1 Å². The van der Waals surface area contributed by atoms with Gasteiger partial charge in [-0.3, -0.25) is 19.2 Å². The van der Waals surface area contributed by atoms with Crippen LogP contribution in [0.3, 0.4) is 0 Å². The molecule has 10 nitrogen and oxygen atoms in total. The van der Waals surface area contributed by atoms with Gasteiger partial charge in [-0.25, -0.2) is 0 Å². The van der Waals surface area contributed by atoms with E-state index in [1.54, 1.807) is 33.9 Å². The largest absolute Gasteiger partial charge is 0.455 e. The molecule has 274 valence electrons. The Morgan fingerprint density at radius 1 is 1.06 bits per heavy atom. The molecule has 3 aliphatic rings. The number of aryl methyl sites for hydroxylation is 2. The van der Waals surface area contributed by atoms with Gasteiger partial charge in [0.1, 0.15) is 17.7 Å². The van der Waals surface area contributed by atoms with Crippen LogP contribution in [0, 0.1) is 25.7 Å². The van der Waals surface area contributed by atoms with Gasteiger partial charge in [0.05, 0.1) is 24.0 Å². The number of likely N-dealkylation sites (N-methyl/N-ethyl adjacent to an activating group) is 1. The predicted octanol–water partition coefficient (Wildman–Crippen LogP) is 5.46. The minimum Gasteiger partial charge on any atom is -0.455 e. The van der Waals surface area contributed by atoms with Gasteiger partial charge in [0, 0.05) is 38.9 Å². The number of nitrogens with zero attached hydrogens (tertiary/aromatic N) is 3. The van der Waals surface area contributed by atoms with Crippen LogP contribution in [-0.2, 0) is 28.7 Å². The summed E-state index contributed by atoms with van der Waals surface area (Å²) in [6.07, 6.45) is 5.59. The Labute approximate surface area is 302 Å². The molecule has 1 spiro atoms. The lowest BCUT2D eigenvalue weighted by atomic mass is 9.70. The number of allylic oxidation sites excluding steroid dienone is 1. The second kappa shape index (κ2) is 16.4. The number of hydrogen-bond acceptors (Lipinski definition) is 7. The number of amides is 3. The number of aliphatic hydroxyl groups excluding tert-OH is 1. The van der Waals surface area contributed by atoms with Crippen molar-refractivity contribution in [2.45, 2.75) is 95.6 Å². The summed E-state index contributed by atoms with van der Waals surface area (Å²) < 4.78 is 13.1. The zero-order valence-electron chi connectivity index (χ0n) is 30.5. The van der Waals surface area contributed by atoms with Crippen molar-refractivity contribution in [3.63, 3.8) is 0 Å². The Morgan fingerprint density at radius 2 is 1.76 bits per heavy atom. The average Bonchev–Trinajstić information content (AvgIpc) is 3.77. The zero-order chi connectivity index (χ0) is 36.9. The molecule has 2 bridgehead atoms. The first-order valence-corrected chi connectivity index (χ1v) is 18.2. The number of esters is 1. The summed E-state index contributed by atoms with van der Waals surface area (Å²) in [6, 6.07) is 13.7. The van der Waals surface area contributed by atoms with Crippen LogP contribution >= 0.6 is 0 Å². The van der Waals surface area contributed by atoms with Gasteiger partial charge >= 0.3 is 5.97 Å². The topological polar surface area (TPSA) is 117 Å². The van der Waals surface area contributed by atoms with Crippen LogP contribution in [0.5, 0.6) is 0 Å². The molecule has 1 N–H and O–H groups in total. The molecule has 0 aliphatic carbocycles. The van der Waals surface area contributed by atoms with E-state index in [4.69, 9.17) is 9.47 Å². The molecule has 3 heterocycles. The number of rotatable bonds is 17. The number of carbonyl (C=O) groups excluding carboxylic acids is 4. The molecule has 2 aromatic rings. The molecule has 5 rings (SSSR count). The minimum atomic E-state index is -1.21. The van der Waals surface area contributed by atoms with Gasteiger partial charge < -0.3 is 29.3 Å². The molecule has 51 heavy (non-hydrogen) atoms. The number of benzene rings is 2. The van der Waals surface area contributed by atoms with E-state index in [0.717, 1.165) is 22.4 Å². The van der Waals surface area contributed by atoms with Gasteiger partial charge in [0.2, 0.25) is 11.8 Å². The van der Waals surface area contributed by atoms with E-state index in [-0.39, 0.29) is 37.3 Å². The summed E-state index contributed by atoms with van der Waals surface area (Å²) in [5.74, 6) is -3.05. The SMILES string of the molecule is C=CCCC(=O)N(C)[C@H](C)[C@H](OC(=O)[C@@H]1[C@@H]2CC[C@]3(O2)[C@H](C(=O)N(CC=C)c2c(C)cccc2C)N(CCCCCO)C(=O)[C@@H]13)c1ccccc1. The van der Waals surface area contributed by atoms with Crippen molar-refractivity contribution in [2.75, 3.05) is 31.6 Å². The highest BCUT2D eigenvalue weighted by Gasteiger charge is 2.75. The smallest absolute Gasteiger partial charge is 0.313 e. The summed E-state index contributed by atoms with van der Waals surface area (Å²) >= 11 is 0. The Morgan fingerprint density at radius 3 is 2.41 bits per heavy atom. The Hall–Kier alpha value is -4.28. The number of para-hydroxylation sites is 1. The maximum Gasteiger partial charge on any atom is 0.313 e. The van der Waals surface area contributed by atoms with Crippen molar-refractivity contribution in [1.29, 1.82) is 0 Å². The number of aliphatic hydroxyl groups is 1. The monoisotopic (exact) mass is 699 g/mol. The van der Waals surface area contributed by atoms with Gasteiger partial charge in [-0.1, -0.05) is 60.7 Å². The Bertz CT molecular complexity index is 1590. The first kappa shape index (κ1) is 38.0. The van der Waals surface area contributed by atoms with Gasteiger partial charge in [-0.05, 0) is 76.0 Å². The van der Waals surface area contributed by atoms with Gasteiger partial charge in [0.15, 0.2) is 0 Å². The van der Waals surface area contributed by atoms with Crippen molar-refractivity contribution >= 4 is 29.4 Å². The van der Waals surface area contributed by atoms with Crippen molar-refractivity contribution in [2.24, 2.45) is 11.8 Å². The number of carbonyl (C=O) groups is 4. The first-order valence-electron chi connectivity index (χ1n) is 18.2. The summed E-state index contributed by atoms with van der Waals surface area (Å²) in [4.78, 5) is 62.0. The van der Waals surface area contributed by atoms with Crippen molar-refractivity contribution in [1.82, 2.24) is 9.80 Å². The Balaban J connectivity index is 1.50. The van der Waals surface area contributed by atoms with Crippen LogP contribution in [-0.4, -0.2) is 89.1 Å². The standard InChI is InChI=1S/C41H53N3O7/c1-7-9-21-32(46)42(6)29(5)36(30-19-12-10-13-20-30)50-40(49)33-31-22-23-41(51-31)34(33)38(47)44(25-14-11-15-26-45)37(41)39(48)43(24-8-2)35-27(3)17-16-18-28(35)4/h7-8,10,12-13,16-20,29,31,33-34,36-37,45H,1-2,9,11,14-15,21-26H2,3-6H3/t29-,31+,33-,34-,36+,37+,41-/m1/s1. The summed E-state index contributed by atoms with van der Waals surface area (Å²) in [5.41, 5.74) is 2.13. The van der Waals surface area contributed by atoms with Gasteiger partial charge in [0.25, 0.3) is 5.91 Å². The molecule has 0 aromatic heterocycles. The number of unbranched alkanes of at least 4 members (excludes halogenated alkanes) is 2. The van der Waals surface area contributed by atoms with Crippen LogP contribution in [0.2, 0.25) is 0 Å². The fraction of sp³-hybridized carbons (Fsp3) is 0.512. The van der Waals surface area contributed by atoms with E-state index in [1.165, 1.54) is 0 Å². The van der Waals surface area contributed by atoms with Gasteiger partial charge in [-0.2, -0.15) is 0 Å². The predicted molar refractivity (Wildman–Crippen MR) is 196 cm³/mol. The molecule has 0 unspecified atom stereocenters. The first-order chi connectivity index (χ1) is 24.5. The van der Waals surface area contributed by atoms with E-state index in [1.807, 2.05) is 69.3 Å². The molecule has 3 aliphatic heterocycles. The maximum atomic E-state index is 15.0. The molecular weight excluding hydrogens is 646 g/mol. The highest BCUT2D eigenvalue weighted by Crippen LogP contribution is 2.59. The average molecular weight is 700 g/mol. The second-order valence-corrected chi connectivity index (χ2v) is 14.2. The van der Waals surface area contributed by atoms with E-state index in [9.17, 15) is 24.3 Å². The molecule has 0 saturated carbocycles. The summed E-state index contributed by atoms with van der Waals surface area (Å²) in [7, 11) is 1.70. The van der Waals surface area contributed by atoms with Crippen LogP contribution < -0.4 is 4.90 Å². The van der Waals surface area contributed by atoms with Crippen LogP contribution in [0.1, 0.15) is 74.7 Å². The van der Waals surface area contributed by atoms with Crippen LogP contribution in [0.15, 0.2) is 73.8 Å². The normalized spacial score (nSPS) is 24.5. The third kappa shape index (κ3) is 7.26. The summed E-state index contributed by atoms with van der Waals surface area (Å²) in [5, 5.41) is 9.42. The third-order valence-corrected chi connectivity index (χ3v) is 11.0. The zero-order valence-corrected chi connectivity index (χ0v) is 30.5. The third-order valence-electron chi connectivity index (χ3n) is 11.0. The molecule has 7 atom stereocenters. The molecule has 10 heteroatoms. The molecule has 0 radical (unpaired) electrons. The van der Waals surface area contributed by atoms with Crippen molar-refractivity contribution in [3.8, 4) is 0 Å². The maximum absolute atomic E-state index is 15.0. The number of anilines is 1. The number of fused-ring (bicyclic) bond motifs is 1. The lowest BCUT2D eigenvalue weighted by molar-refractivity contribution is -0.164. The fourth-order valence-corrected chi connectivity index (χ4v) is 8.43. The van der Waals surface area contributed by atoms with E-state index >= 15 is 0 Å². The highest BCUT2D eigenvalue weighted by atomic mass is 16.6. The number of likely N-dealkylation sites (tertiary alicyclic amines) is 1. The van der Waals surface area contributed by atoms with Crippen molar-refractivity contribution in [3.05, 3.63) is 90.5 Å². The van der Waals surface area contributed by atoms with Gasteiger partial charge in [-0.15, -0.1) is 13.2 Å². The van der Waals surface area contributed by atoms with Crippen molar-refractivity contribution < 1.29 is 33.8 Å². The molecular formula is C41H53N3O7. The summed E-state index contributed by atoms with van der Waals surface area (Å²) in [6.45, 7) is 14.0. The lowest BCUT2D eigenvalue weighted by Gasteiger charge is -2.37. The Kier molecular flexibility index (Phi) is 12.2. The molecule has 3 saturated heterocycles.